The van der Waals surface area contributed by atoms with E-state index >= 15 is 0 Å². The van der Waals surface area contributed by atoms with Crippen LogP contribution in [0.25, 0.3) is 11.1 Å². The Bertz CT molecular complexity index is 1430. The van der Waals surface area contributed by atoms with Crippen molar-refractivity contribution >= 4 is 29.1 Å². The van der Waals surface area contributed by atoms with Crippen molar-refractivity contribution in [2.75, 3.05) is 0 Å². The van der Waals surface area contributed by atoms with Crippen LogP contribution in [-0.2, 0) is 16.6 Å². The smallest absolute Gasteiger partial charge is 0.335 e. The minimum atomic E-state index is -1.04. The molecule has 0 radical (unpaired) electrons. The highest BCUT2D eigenvalue weighted by atomic mass is 35.5. The molecule has 6 nitrogen and oxygen atoms in total. The second-order valence-electron chi connectivity index (χ2n) is 9.49. The Labute approximate surface area is 207 Å². The molecule has 1 fully saturated rings. The molecule has 2 aliphatic carbocycles. The fourth-order valence-corrected chi connectivity index (χ4v) is 5.37. The largest absolute Gasteiger partial charge is 0.478 e. The topological polar surface area (TPSA) is 93.4 Å². The number of hydrogen-bond acceptors (Lipinski definition) is 4. The number of pyridine rings is 1. The first-order valence-corrected chi connectivity index (χ1v) is 12.0. The Balaban J connectivity index is 1.53. The van der Waals surface area contributed by atoms with Crippen LogP contribution < -0.4 is 5.56 Å². The Morgan fingerprint density at radius 3 is 2.37 bits per heavy atom. The Kier molecular flexibility index (Phi) is 5.72. The van der Waals surface area contributed by atoms with Crippen LogP contribution >= 0.6 is 11.6 Å². The van der Waals surface area contributed by atoms with Crippen LogP contribution in [0.1, 0.15) is 70.5 Å². The third-order valence-corrected chi connectivity index (χ3v) is 7.49. The fraction of sp³-hybridized carbons (Fsp3) is 0.286. The maximum absolute atomic E-state index is 13.4. The average Bonchev–Trinajstić information content (AvgIpc) is 3.61. The van der Waals surface area contributed by atoms with Gasteiger partial charge in [-0.25, -0.2) is 4.79 Å². The molecule has 1 N–H and O–H groups in total. The van der Waals surface area contributed by atoms with E-state index in [2.05, 4.69) is 0 Å². The monoisotopic (exact) mass is 489 g/mol. The Morgan fingerprint density at radius 2 is 1.74 bits per heavy atom. The van der Waals surface area contributed by atoms with Crippen molar-refractivity contribution in [3.05, 3.63) is 92.4 Å². The number of carbonyl (C=O) groups excluding carboxylic acids is 2. The van der Waals surface area contributed by atoms with E-state index in [-0.39, 0.29) is 34.5 Å². The molecule has 35 heavy (non-hydrogen) atoms. The van der Waals surface area contributed by atoms with Gasteiger partial charge in [0.15, 0.2) is 11.6 Å². The summed E-state index contributed by atoms with van der Waals surface area (Å²) < 4.78 is 1.37. The van der Waals surface area contributed by atoms with Gasteiger partial charge >= 0.3 is 5.97 Å². The number of carboxylic acid groups (broad SMARTS) is 1. The number of ketones is 2. The summed E-state index contributed by atoms with van der Waals surface area (Å²) in [5.41, 5.74) is 3.14. The number of carboxylic acids is 1. The predicted octanol–water partition coefficient (Wildman–Crippen LogP) is 5.25. The van der Waals surface area contributed by atoms with Gasteiger partial charge in [0.2, 0.25) is 0 Å². The lowest BCUT2D eigenvalue weighted by atomic mass is 9.88. The van der Waals surface area contributed by atoms with E-state index in [4.69, 9.17) is 16.7 Å². The molecule has 1 heterocycles. The van der Waals surface area contributed by atoms with Gasteiger partial charge in [0.25, 0.3) is 5.56 Å². The molecule has 0 bridgehead atoms. The summed E-state index contributed by atoms with van der Waals surface area (Å²) in [6.07, 6.45) is 4.19. The molecule has 2 aromatic carbocycles. The molecule has 1 spiro atoms. The van der Waals surface area contributed by atoms with Gasteiger partial charge in [-0.05, 0) is 65.8 Å². The lowest BCUT2D eigenvalue weighted by molar-refractivity contribution is -0.121. The molecular weight excluding hydrogens is 466 g/mol. The number of fused-ring (bicyclic) bond motifs is 4. The first kappa shape index (κ1) is 23.2. The fourth-order valence-electron chi connectivity index (χ4n) is 5.20. The van der Waals surface area contributed by atoms with Crippen LogP contribution in [-0.4, -0.2) is 27.2 Å². The van der Waals surface area contributed by atoms with E-state index in [1.165, 1.54) is 22.8 Å². The van der Waals surface area contributed by atoms with Gasteiger partial charge in [0, 0.05) is 41.1 Å². The zero-order chi connectivity index (χ0) is 24.9. The summed E-state index contributed by atoms with van der Waals surface area (Å²) in [6.45, 7) is 1.82. The number of carbonyl (C=O) groups is 3. The molecule has 0 saturated heterocycles. The van der Waals surface area contributed by atoms with E-state index in [1.54, 1.807) is 18.3 Å². The average molecular weight is 490 g/mol. The van der Waals surface area contributed by atoms with Crippen molar-refractivity contribution in [1.82, 2.24) is 4.57 Å². The van der Waals surface area contributed by atoms with Gasteiger partial charge in [0.05, 0.1) is 11.6 Å². The van der Waals surface area contributed by atoms with Crippen LogP contribution in [0.5, 0.6) is 0 Å². The van der Waals surface area contributed by atoms with Crippen LogP contribution in [0.15, 0.2) is 59.5 Å². The molecule has 1 aromatic heterocycles. The zero-order valence-corrected chi connectivity index (χ0v) is 20.0. The molecule has 0 aliphatic heterocycles. The van der Waals surface area contributed by atoms with Crippen molar-refractivity contribution in [3.63, 3.8) is 0 Å². The van der Waals surface area contributed by atoms with Crippen molar-refractivity contribution in [3.8, 4) is 11.1 Å². The maximum Gasteiger partial charge on any atom is 0.335 e. The molecular formula is C28H24ClNO5. The summed E-state index contributed by atoms with van der Waals surface area (Å²) in [6, 6.07) is 12.4. The first-order chi connectivity index (χ1) is 16.7. The highest BCUT2D eigenvalue weighted by Crippen LogP contribution is 2.56. The van der Waals surface area contributed by atoms with Crippen molar-refractivity contribution in [2.24, 2.45) is 0 Å². The number of benzene rings is 2. The number of halogens is 1. The standard InChI is InChI=1S/C28H24ClNO5/c1-2-23(24(31)11-16-3-5-17(6-4-16)27(34)35)30-15-21-19(13-26(30)33)20-12-18(29)7-8-22(20)28(9-10-28)14-25(21)32/h3-8,12-13,15,23H,2,9-11,14H2,1H3,(H,34,35). The number of Topliss-reactive ketones (excluding diaryl/α,β-unsaturated/α-hetero) is 2. The number of hydrogen-bond donors (Lipinski definition) is 1. The molecule has 5 rings (SSSR count). The summed E-state index contributed by atoms with van der Waals surface area (Å²) in [4.78, 5) is 50.9. The molecule has 178 valence electrons. The van der Waals surface area contributed by atoms with E-state index in [0.717, 1.165) is 24.0 Å². The van der Waals surface area contributed by atoms with Gasteiger partial charge in [0.1, 0.15) is 0 Å². The lowest BCUT2D eigenvalue weighted by Crippen LogP contribution is -2.31. The number of rotatable bonds is 6. The molecule has 1 atom stereocenters. The van der Waals surface area contributed by atoms with Gasteiger partial charge in [-0.2, -0.15) is 0 Å². The zero-order valence-electron chi connectivity index (χ0n) is 19.2. The minimum Gasteiger partial charge on any atom is -0.478 e. The number of aromatic nitrogens is 1. The normalized spacial score (nSPS) is 16.2. The summed E-state index contributed by atoms with van der Waals surface area (Å²) >= 11 is 6.29. The van der Waals surface area contributed by atoms with Crippen LogP contribution in [0.3, 0.4) is 0 Å². The van der Waals surface area contributed by atoms with E-state index < -0.39 is 12.0 Å². The van der Waals surface area contributed by atoms with Crippen LogP contribution in [0.4, 0.5) is 0 Å². The minimum absolute atomic E-state index is 0.0369. The van der Waals surface area contributed by atoms with Crippen LogP contribution in [0, 0.1) is 0 Å². The Hall–Kier alpha value is -3.51. The molecule has 3 aromatic rings. The third kappa shape index (κ3) is 4.12. The second-order valence-corrected chi connectivity index (χ2v) is 9.92. The van der Waals surface area contributed by atoms with Crippen molar-refractivity contribution < 1.29 is 19.5 Å². The number of aromatic carboxylic acids is 1. The quantitative estimate of drug-likeness (QED) is 0.510. The van der Waals surface area contributed by atoms with Gasteiger partial charge < -0.3 is 9.67 Å². The molecule has 1 unspecified atom stereocenters. The highest BCUT2D eigenvalue weighted by Gasteiger charge is 2.49. The summed E-state index contributed by atoms with van der Waals surface area (Å²) in [7, 11) is 0. The van der Waals surface area contributed by atoms with Gasteiger partial charge in [-0.1, -0.05) is 36.7 Å². The highest BCUT2D eigenvalue weighted by molar-refractivity contribution is 6.31. The second kappa shape index (κ2) is 8.61. The molecule has 0 amide bonds. The lowest BCUT2D eigenvalue weighted by Gasteiger charge is -2.19. The SMILES string of the molecule is CCC(C(=O)Cc1ccc(C(=O)O)cc1)n1cc2c(cc1=O)-c1cc(Cl)ccc1C1(CC1)CC2=O. The number of nitrogens with zero attached hydrogens (tertiary/aromatic N) is 1. The van der Waals surface area contributed by atoms with Crippen LogP contribution in [0.2, 0.25) is 5.02 Å². The van der Waals surface area contributed by atoms with E-state index in [0.29, 0.717) is 34.6 Å². The molecule has 7 heteroatoms. The molecule has 2 aliphatic rings. The van der Waals surface area contributed by atoms with Crippen molar-refractivity contribution in [2.45, 2.75) is 50.5 Å². The van der Waals surface area contributed by atoms with Gasteiger partial charge in [-0.15, -0.1) is 0 Å². The van der Waals surface area contributed by atoms with E-state index in [9.17, 15) is 19.2 Å². The summed E-state index contributed by atoms with van der Waals surface area (Å²) in [5.74, 6) is -1.25. The van der Waals surface area contributed by atoms with Crippen molar-refractivity contribution in [1.29, 1.82) is 0 Å². The first-order valence-electron chi connectivity index (χ1n) is 11.7. The molecule has 1 saturated carbocycles. The van der Waals surface area contributed by atoms with Gasteiger partial charge in [-0.3, -0.25) is 14.4 Å². The third-order valence-electron chi connectivity index (χ3n) is 7.25. The maximum atomic E-state index is 13.4. The predicted molar refractivity (Wildman–Crippen MR) is 132 cm³/mol. The summed E-state index contributed by atoms with van der Waals surface area (Å²) in [5, 5.41) is 9.62. The van der Waals surface area contributed by atoms with E-state index in [1.807, 2.05) is 25.1 Å². The Morgan fingerprint density at radius 1 is 1.03 bits per heavy atom.